The summed E-state index contributed by atoms with van der Waals surface area (Å²) in [6.07, 6.45) is -4.39. The van der Waals surface area contributed by atoms with Crippen LogP contribution in [-0.4, -0.2) is 32.0 Å². The Morgan fingerprint density at radius 1 is 1.03 bits per heavy atom. The van der Waals surface area contributed by atoms with Gasteiger partial charge in [-0.1, -0.05) is 18.2 Å². The number of carbonyl (C=O) groups is 1. The fourth-order valence-corrected chi connectivity index (χ4v) is 2.46. The zero-order chi connectivity index (χ0) is 21.4. The van der Waals surface area contributed by atoms with Crippen LogP contribution in [0.3, 0.4) is 0 Å². The molecule has 5 nitrogen and oxygen atoms in total. The lowest BCUT2D eigenvalue weighted by Gasteiger charge is -2.13. The molecule has 0 saturated carbocycles. The normalized spacial score (nSPS) is 11.9. The minimum atomic E-state index is -4.39. The second kappa shape index (κ2) is 9.90. The molecule has 2 rings (SSSR count). The summed E-state index contributed by atoms with van der Waals surface area (Å²) in [7, 11) is 1.52. The highest BCUT2D eigenvalue weighted by Gasteiger charge is 2.30. The zero-order valence-corrected chi connectivity index (χ0v) is 16.0. The molecule has 9 heteroatoms. The summed E-state index contributed by atoms with van der Waals surface area (Å²) in [5.74, 6) is -0.481. The van der Waals surface area contributed by atoms with Crippen LogP contribution < -0.4 is 16.0 Å². The third-order valence-corrected chi connectivity index (χ3v) is 4.07. The van der Waals surface area contributed by atoms with Crippen LogP contribution in [0.5, 0.6) is 0 Å². The number of hydrogen-bond donors (Lipinski definition) is 3. The molecule has 0 radical (unpaired) electrons. The van der Waals surface area contributed by atoms with Crippen molar-refractivity contribution in [3.8, 4) is 0 Å². The van der Waals surface area contributed by atoms with Gasteiger partial charge in [0.15, 0.2) is 5.96 Å². The van der Waals surface area contributed by atoms with Gasteiger partial charge in [0.05, 0.1) is 5.56 Å². The van der Waals surface area contributed by atoms with E-state index in [0.717, 1.165) is 12.1 Å². The lowest BCUT2D eigenvalue weighted by Crippen LogP contribution is -2.41. The smallest absolute Gasteiger partial charge is 0.355 e. The molecule has 2 aromatic carbocycles. The Hall–Kier alpha value is -3.10. The lowest BCUT2D eigenvalue weighted by molar-refractivity contribution is -0.137. The van der Waals surface area contributed by atoms with Crippen LogP contribution in [0.4, 0.5) is 17.6 Å². The van der Waals surface area contributed by atoms with Gasteiger partial charge >= 0.3 is 6.18 Å². The van der Waals surface area contributed by atoms with E-state index in [1.165, 1.54) is 31.3 Å². The van der Waals surface area contributed by atoms with Crippen molar-refractivity contribution < 1.29 is 22.4 Å². The SMILES string of the molecule is CN=C(NCCNC(=O)c1ccc(C)c(F)c1)NCc1cccc(C(F)(F)F)c1. The number of amides is 1. The van der Waals surface area contributed by atoms with Crippen molar-refractivity contribution in [1.82, 2.24) is 16.0 Å². The summed E-state index contributed by atoms with van der Waals surface area (Å²) in [5.41, 5.74) is 0.423. The Morgan fingerprint density at radius 2 is 1.76 bits per heavy atom. The molecule has 0 aliphatic rings. The van der Waals surface area contributed by atoms with E-state index in [0.29, 0.717) is 23.6 Å². The summed E-state index contributed by atoms with van der Waals surface area (Å²) < 4.78 is 51.8. The van der Waals surface area contributed by atoms with E-state index >= 15 is 0 Å². The second-order valence-corrected chi connectivity index (χ2v) is 6.27. The number of halogens is 4. The van der Waals surface area contributed by atoms with Crippen molar-refractivity contribution in [2.75, 3.05) is 20.1 Å². The molecule has 0 saturated heterocycles. The van der Waals surface area contributed by atoms with Crippen molar-refractivity contribution >= 4 is 11.9 Å². The van der Waals surface area contributed by atoms with Crippen molar-refractivity contribution in [2.24, 2.45) is 4.99 Å². The number of aryl methyl sites for hydroxylation is 1. The molecule has 0 bridgehead atoms. The number of guanidine groups is 1. The molecular formula is C20H22F4N4O. The topological polar surface area (TPSA) is 65.5 Å². The van der Waals surface area contributed by atoms with Gasteiger partial charge in [0.1, 0.15) is 5.82 Å². The molecule has 3 N–H and O–H groups in total. The Bertz CT molecular complexity index is 881. The van der Waals surface area contributed by atoms with Crippen LogP contribution in [0.2, 0.25) is 0 Å². The van der Waals surface area contributed by atoms with Crippen LogP contribution in [-0.2, 0) is 12.7 Å². The number of hydrogen-bond acceptors (Lipinski definition) is 2. The largest absolute Gasteiger partial charge is 0.416 e. The minimum Gasteiger partial charge on any atom is -0.355 e. The minimum absolute atomic E-state index is 0.151. The van der Waals surface area contributed by atoms with Crippen molar-refractivity contribution in [3.05, 3.63) is 70.5 Å². The van der Waals surface area contributed by atoms with E-state index < -0.39 is 23.5 Å². The van der Waals surface area contributed by atoms with Crippen LogP contribution >= 0.6 is 0 Å². The fourth-order valence-electron chi connectivity index (χ4n) is 2.46. The Labute approximate surface area is 166 Å². The summed E-state index contributed by atoms with van der Waals surface area (Å²) in [5, 5.41) is 8.49. The van der Waals surface area contributed by atoms with Crippen molar-refractivity contribution in [1.29, 1.82) is 0 Å². The molecule has 0 unspecified atom stereocenters. The third kappa shape index (κ3) is 6.78. The number of aliphatic imine (C=N–C) groups is 1. The highest BCUT2D eigenvalue weighted by atomic mass is 19.4. The standard InChI is InChI=1S/C20H22F4N4O/c1-13-6-7-15(11-17(13)21)18(29)26-8-9-27-19(25-2)28-12-14-4-3-5-16(10-14)20(22,23)24/h3-7,10-11H,8-9,12H2,1-2H3,(H,26,29)(H2,25,27,28). The predicted molar refractivity (Wildman–Crippen MR) is 103 cm³/mol. The monoisotopic (exact) mass is 410 g/mol. The maximum absolute atomic E-state index is 13.5. The van der Waals surface area contributed by atoms with Gasteiger partial charge in [-0.2, -0.15) is 13.2 Å². The van der Waals surface area contributed by atoms with Crippen LogP contribution in [0.15, 0.2) is 47.5 Å². The summed E-state index contributed by atoms with van der Waals surface area (Å²) in [4.78, 5) is 16.0. The first kappa shape index (κ1) is 22.2. The number of carbonyl (C=O) groups excluding carboxylic acids is 1. The molecule has 2 aromatic rings. The fraction of sp³-hybridized carbons (Fsp3) is 0.300. The predicted octanol–water partition coefficient (Wildman–Crippen LogP) is 3.25. The maximum Gasteiger partial charge on any atom is 0.416 e. The van der Waals surface area contributed by atoms with Crippen LogP contribution in [0.25, 0.3) is 0 Å². The summed E-state index contributed by atoms with van der Waals surface area (Å²) >= 11 is 0. The molecule has 0 aliphatic carbocycles. The van der Waals surface area contributed by atoms with E-state index in [1.807, 2.05) is 0 Å². The molecular weight excluding hydrogens is 388 g/mol. The quantitative estimate of drug-likeness (QED) is 0.297. The summed E-state index contributed by atoms with van der Waals surface area (Å²) in [6, 6.07) is 9.25. The van der Waals surface area contributed by atoms with Gasteiger partial charge in [0.2, 0.25) is 0 Å². The third-order valence-electron chi connectivity index (χ3n) is 4.07. The number of rotatable bonds is 6. The highest BCUT2D eigenvalue weighted by Crippen LogP contribution is 2.29. The molecule has 156 valence electrons. The van der Waals surface area contributed by atoms with Gasteiger partial charge in [-0.05, 0) is 42.3 Å². The molecule has 0 fully saturated rings. The maximum atomic E-state index is 13.5. The molecule has 0 aromatic heterocycles. The molecule has 0 atom stereocenters. The van der Waals surface area contributed by atoms with E-state index in [9.17, 15) is 22.4 Å². The molecule has 0 spiro atoms. The van der Waals surface area contributed by atoms with Gasteiger partial charge in [-0.25, -0.2) is 4.39 Å². The van der Waals surface area contributed by atoms with Gasteiger partial charge in [-0.15, -0.1) is 0 Å². The molecule has 0 aliphatic heterocycles. The van der Waals surface area contributed by atoms with Crippen molar-refractivity contribution in [2.45, 2.75) is 19.6 Å². The average Bonchev–Trinajstić information content (AvgIpc) is 2.69. The summed E-state index contributed by atoms with van der Waals surface area (Å²) in [6.45, 7) is 2.33. The first-order valence-electron chi connectivity index (χ1n) is 8.85. The zero-order valence-electron chi connectivity index (χ0n) is 16.0. The highest BCUT2D eigenvalue weighted by molar-refractivity contribution is 5.94. The van der Waals surface area contributed by atoms with Crippen LogP contribution in [0, 0.1) is 12.7 Å². The van der Waals surface area contributed by atoms with Gasteiger partial charge in [-0.3, -0.25) is 9.79 Å². The number of alkyl halides is 3. The van der Waals surface area contributed by atoms with E-state index in [1.54, 1.807) is 13.0 Å². The first-order valence-corrected chi connectivity index (χ1v) is 8.85. The Morgan fingerprint density at radius 3 is 2.41 bits per heavy atom. The van der Waals surface area contributed by atoms with E-state index in [2.05, 4.69) is 20.9 Å². The number of nitrogens with zero attached hydrogens (tertiary/aromatic N) is 1. The number of nitrogens with one attached hydrogen (secondary N) is 3. The molecule has 29 heavy (non-hydrogen) atoms. The lowest BCUT2D eigenvalue weighted by atomic mass is 10.1. The molecule has 1 amide bonds. The van der Waals surface area contributed by atoms with Gasteiger partial charge < -0.3 is 16.0 Å². The van der Waals surface area contributed by atoms with Gasteiger partial charge in [0.25, 0.3) is 5.91 Å². The van der Waals surface area contributed by atoms with Gasteiger partial charge in [0, 0.05) is 32.2 Å². The van der Waals surface area contributed by atoms with E-state index in [-0.39, 0.29) is 18.7 Å². The molecule has 0 heterocycles. The Kier molecular flexibility index (Phi) is 7.58. The number of benzene rings is 2. The average molecular weight is 410 g/mol. The van der Waals surface area contributed by atoms with Crippen molar-refractivity contribution in [3.63, 3.8) is 0 Å². The van der Waals surface area contributed by atoms with Crippen LogP contribution in [0.1, 0.15) is 27.0 Å². The van der Waals surface area contributed by atoms with E-state index in [4.69, 9.17) is 0 Å². The second-order valence-electron chi connectivity index (χ2n) is 6.27. The first-order chi connectivity index (χ1) is 13.7. The Balaban J connectivity index is 1.78.